The van der Waals surface area contributed by atoms with Crippen molar-refractivity contribution in [1.29, 1.82) is 0 Å². The number of aliphatic hydroxyl groups excluding tert-OH is 1. The molecule has 1 saturated heterocycles. The number of nitrogens with zero attached hydrogens (tertiary/aromatic N) is 1. The number of carbonyl (C=O) groups is 1. The second-order valence-electron chi connectivity index (χ2n) is 12.7. The van der Waals surface area contributed by atoms with Gasteiger partial charge in [0, 0.05) is 40.9 Å². The van der Waals surface area contributed by atoms with E-state index in [1.54, 1.807) is 0 Å². The van der Waals surface area contributed by atoms with Gasteiger partial charge in [0.25, 0.3) is 5.91 Å². The Morgan fingerprint density at radius 2 is 2.05 bits per heavy atom. The Morgan fingerprint density at radius 3 is 2.93 bits per heavy atom. The number of nitrogens with one attached hydrogen (secondary N) is 1. The minimum absolute atomic E-state index is 0.0702. The van der Waals surface area contributed by atoms with Gasteiger partial charge >= 0.3 is 0 Å². The van der Waals surface area contributed by atoms with Gasteiger partial charge in [-0.3, -0.25) is 9.52 Å². The van der Waals surface area contributed by atoms with Gasteiger partial charge in [-0.25, -0.2) is 0 Å². The van der Waals surface area contributed by atoms with Crippen LogP contribution in [0.25, 0.3) is 0 Å². The Balaban J connectivity index is 1.25. The van der Waals surface area contributed by atoms with Gasteiger partial charge in [-0.15, -0.1) is 0 Å². The van der Waals surface area contributed by atoms with Gasteiger partial charge in [-0.1, -0.05) is 29.8 Å². The second-order valence-corrected chi connectivity index (χ2v) is 14.1. The Hall–Kier alpha value is -2.19. The molecule has 3 aliphatic heterocycles. The number of hydrogen-bond donors (Lipinski definition) is 2. The number of allylic oxidation sites excluding steroid dienone is 1. The lowest BCUT2D eigenvalue weighted by atomic mass is 9.68. The quantitative estimate of drug-likeness (QED) is 0.290. The van der Waals surface area contributed by atoms with Gasteiger partial charge in [-0.2, -0.15) is 0 Å². The summed E-state index contributed by atoms with van der Waals surface area (Å²) in [5, 5.41) is 12.3. The summed E-state index contributed by atoms with van der Waals surface area (Å²) in [7, 11) is 0. The van der Waals surface area contributed by atoms with E-state index in [4.69, 9.17) is 21.1 Å². The average Bonchev–Trinajstić information content (AvgIpc) is 3.11. The fraction of sp³-hybridized carbons (Fsp3) is 0.545. The first-order valence-corrected chi connectivity index (χ1v) is 16.4. The first kappa shape index (κ1) is 27.6. The van der Waals surface area contributed by atoms with Crippen LogP contribution in [0.15, 0.2) is 48.6 Å². The molecule has 6 atom stereocenters. The molecule has 7 rings (SSSR count). The highest BCUT2D eigenvalue weighted by Crippen LogP contribution is 2.47. The zero-order valence-electron chi connectivity index (χ0n) is 23.4. The van der Waals surface area contributed by atoms with Crippen LogP contribution in [-0.4, -0.2) is 55.3 Å². The summed E-state index contributed by atoms with van der Waals surface area (Å²) in [5.41, 5.74) is 4.12. The number of halogens is 1. The van der Waals surface area contributed by atoms with E-state index in [0.29, 0.717) is 37.2 Å². The van der Waals surface area contributed by atoms with Crippen molar-refractivity contribution in [2.75, 3.05) is 37.8 Å². The summed E-state index contributed by atoms with van der Waals surface area (Å²) >= 11 is 7.93. The predicted molar refractivity (Wildman–Crippen MR) is 164 cm³/mol. The van der Waals surface area contributed by atoms with Crippen molar-refractivity contribution in [2.24, 2.45) is 17.8 Å². The molecule has 2 N–H and O–H groups in total. The van der Waals surface area contributed by atoms with Crippen molar-refractivity contribution in [1.82, 2.24) is 4.72 Å². The standard InChI is InChI=1S/C33H39ClN2O4S/c34-25-8-10-27-21(15-25)4-2-13-33(27)19-36-17-23-6-9-26(23)29(37)5-1-3-24-18-39-14-12-31(24)41-35-32(38)22-7-11-30(40-20-33)28(36)16-22/h1,5,7-8,10-11,15-16,23-24,26,29,31,37H,2-4,6,9,12-14,17-20H2,(H,35,38)/b5-1+/t23-,24-,26+,29-,31-,33-/m0/s1. The highest BCUT2D eigenvalue weighted by Gasteiger charge is 2.44. The SMILES string of the molecule is O=C1NS[C@H]2CCOC[C@@H]2C/C=C/[C@H](O)[C@@H]2CC[C@H]2CN2C[C@@]3(CCCc4cc(Cl)ccc43)COc3ccc1cc32. The Morgan fingerprint density at radius 1 is 1.12 bits per heavy atom. The first-order chi connectivity index (χ1) is 20.0. The zero-order chi connectivity index (χ0) is 28.0. The smallest absolute Gasteiger partial charge is 0.261 e. The molecule has 8 heteroatoms. The third-order valence-corrected chi connectivity index (χ3v) is 11.6. The molecule has 2 bridgehead atoms. The topological polar surface area (TPSA) is 71.0 Å². The van der Waals surface area contributed by atoms with E-state index < -0.39 is 6.10 Å². The number of amides is 1. The number of hydrogen-bond acceptors (Lipinski definition) is 6. The third-order valence-electron chi connectivity index (χ3n) is 10.1. The highest BCUT2D eigenvalue weighted by molar-refractivity contribution is 7.98. The maximum Gasteiger partial charge on any atom is 0.261 e. The van der Waals surface area contributed by atoms with Gasteiger partial charge in [0.15, 0.2) is 0 Å². The van der Waals surface area contributed by atoms with E-state index in [2.05, 4.69) is 27.8 Å². The van der Waals surface area contributed by atoms with E-state index in [-0.39, 0.29) is 22.5 Å². The van der Waals surface area contributed by atoms with E-state index in [1.807, 2.05) is 30.3 Å². The van der Waals surface area contributed by atoms with Crippen LogP contribution in [0.1, 0.15) is 60.0 Å². The number of fused-ring (bicyclic) bond motifs is 5. The molecule has 5 aliphatic rings. The van der Waals surface area contributed by atoms with Crippen LogP contribution in [0, 0.1) is 17.8 Å². The summed E-state index contributed by atoms with van der Waals surface area (Å²) in [5.74, 6) is 1.67. The van der Waals surface area contributed by atoms with E-state index in [0.717, 1.165) is 74.5 Å². The average molecular weight is 595 g/mol. The molecular formula is C33H39ClN2O4S. The van der Waals surface area contributed by atoms with Gasteiger partial charge in [0.05, 0.1) is 25.0 Å². The Bertz CT molecular complexity index is 1340. The molecule has 2 aromatic carbocycles. The number of ether oxygens (including phenoxy) is 2. The van der Waals surface area contributed by atoms with Crippen LogP contribution < -0.4 is 14.4 Å². The van der Waals surface area contributed by atoms with Crippen molar-refractivity contribution in [3.05, 3.63) is 70.3 Å². The molecule has 3 heterocycles. The molecule has 218 valence electrons. The summed E-state index contributed by atoms with van der Waals surface area (Å²) in [4.78, 5) is 15.9. The van der Waals surface area contributed by atoms with Gasteiger partial charge < -0.3 is 19.5 Å². The normalized spacial score (nSPS) is 34.1. The van der Waals surface area contributed by atoms with Crippen molar-refractivity contribution >= 4 is 35.1 Å². The van der Waals surface area contributed by atoms with Crippen molar-refractivity contribution in [3.63, 3.8) is 0 Å². The molecule has 6 nitrogen and oxygen atoms in total. The molecule has 0 radical (unpaired) electrons. The summed E-state index contributed by atoms with van der Waals surface area (Å²) in [6, 6.07) is 12.2. The third kappa shape index (κ3) is 5.39. The van der Waals surface area contributed by atoms with Crippen LogP contribution >= 0.6 is 23.5 Å². The fourth-order valence-corrected chi connectivity index (χ4v) is 8.85. The molecule has 41 heavy (non-hydrogen) atoms. The first-order valence-electron chi connectivity index (χ1n) is 15.2. The number of aliphatic hydroxyl groups is 1. The lowest BCUT2D eigenvalue weighted by Gasteiger charge is -2.45. The number of aryl methyl sites for hydroxylation is 1. The predicted octanol–water partition coefficient (Wildman–Crippen LogP) is 5.94. The molecule has 0 unspecified atom stereocenters. The van der Waals surface area contributed by atoms with Crippen molar-refractivity contribution in [3.8, 4) is 5.75 Å². The van der Waals surface area contributed by atoms with Gasteiger partial charge in [-0.05, 0) is 116 Å². The van der Waals surface area contributed by atoms with E-state index >= 15 is 0 Å². The largest absolute Gasteiger partial charge is 0.490 e. The summed E-state index contributed by atoms with van der Waals surface area (Å²) in [6.07, 6.45) is 10.7. The maximum atomic E-state index is 13.4. The molecule has 2 aromatic rings. The van der Waals surface area contributed by atoms with Crippen LogP contribution in [0.2, 0.25) is 5.02 Å². The van der Waals surface area contributed by atoms with Crippen molar-refractivity contribution < 1.29 is 19.4 Å². The monoisotopic (exact) mass is 594 g/mol. The maximum absolute atomic E-state index is 13.4. The van der Waals surface area contributed by atoms with Crippen LogP contribution in [-0.2, 0) is 16.6 Å². The van der Waals surface area contributed by atoms with Gasteiger partial charge in [0.1, 0.15) is 5.75 Å². The summed E-state index contributed by atoms with van der Waals surface area (Å²) in [6.45, 7) is 3.63. The minimum atomic E-state index is -0.447. The Labute approximate surface area is 251 Å². The molecule has 1 amide bonds. The number of carbonyl (C=O) groups excluding carboxylic acids is 1. The fourth-order valence-electron chi connectivity index (χ4n) is 7.69. The molecule has 2 fully saturated rings. The number of anilines is 1. The minimum Gasteiger partial charge on any atom is -0.490 e. The van der Waals surface area contributed by atoms with Crippen molar-refractivity contribution in [2.45, 2.75) is 61.7 Å². The Kier molecular flexibility index (Phi) is 7.74. The van der Waals surface area contributed by atoms with E-state index in [1.165, 1.54) is 23.1 Å². The molecule has 1 spiro atoms. The lowest BCUT2D eigenvalue weighted by molar-refractivity contribution is 0.0447. The molecule has 2 aliphatic carbocycles. The zero-order valence-corrected chi connectivity index (χ0v) is 25.0. The molecule has 1 saturated carbocycles. The summed E-state index contributed by atoms with van der Waals surface area (Å²) < 4.78 is 15.5. The number of benzene rings is 2. The highest BCUT2D eigenvalue weighted by atomic mass is 35.5. The second kappa shape index (κ2) is 11.5. The molecule has 0 aromatic heterocycles. The van der Waals surface area contributed by atoms with Crippen LogP contribution in [0.4, 0.5) is 5.69 Å². The lowest BCUT2D eigenvalue weighted by Crippen LogP contribution is -2.49. The number of rotatable bonds is 0. The van der Waals surface area contributed by atoms with Gasteiger partial charge in [0.2, 0.25) is 0 Å². The van der Waals surface area contributed by atoms with Crippen LogP contribution in [0.3, 0.4) is 0 Å². The van der Waals surface area contributed by atoms with Crippen LogP contribution in [0.5, 0.6) is 5.75 Å². The molecular weight excluding hydrogens is 556 g/mol. The van der Waals surface area contributed by atoms with E-state index in [9.17, 15) is 9.90 Å².